The Kier molecular flexibility index (Phi) is 3.95. The number of fused-ring (bicyclic) bond motifs is 4. The summed E-state index contributed by atoms with van der Waals surface area (Å²) in [5.74, 6) is -1.95. The molecule has 3 aromatic rings. The van der Waals surface area contributed by atoms with Gasteiger partial charge in [0.05, 0.1) is 11.7 Å². The highest BCUT2D eigenvalue weighted by molar-refractivity contribution is 5.61. The predicted octanol–water partition coefficient (Wildman–Crippen LogP) is 3.57. The zero-order chi connectivity index (χ0) is 22.2. The standard InChI is InChI=1S/C22H19F2N5O3/c1-12-6-18(13-2-3-15(23)16(24)7-13)25-17-4-5-27(9-14(12)17)11-22-8-19(22)28-10-20(29(30)31)26-21(28)32-22/h2-3,6-7,10,19H,4-5,8-9,11H2,1H3/t19?,22-/m0/s1. The second kappa shape index (κ2) is 6.55. The van der Waals surface area contributed by atoms with Crippen LogP contribution in [-0.4, -0.2) is 43.0 Å². The number of aryl methyl sites for hydroxylation is 1. The molecule has 0 saturated heterocycles. The van der Waals surface area contributed by atoms with Gasteiger partial charge in [-0.2, -0.15) is 0 Å². The number of aromatic nitrogens is 3. The summed E-state index contributed by atoms with van der Waals surface area (Å²) in [6.07, 6.45) is 3.00. The van der Waals surface area contributed by atoms with Crippen LogP contribution in [0.5, 0.6) is 6.01 Å². The van der Waals surface area contributed by atoms with Crippen molar-refractivity contribution in [2.45, 2.75) is 38.0 Å². The van der Waals surface area contributed by atoms with Gasteiger partial charge < -0.3 is 14.9 Å². The Bertz CT molecular complexity index is 1290. The van der Waals surface area contributed by atoms with Gasteiger partial charge >= 0.3 is 11.8 Å². The molecule has 164 valence electrons. The van der Waals surface area contributed by atoms with Crippen molar-refractivity contribution in [3.05, 3.63) is 69.0 Å². The number of ether oxygens (including phenoxy) is 1. The lowest BCUT2D eigenvalue weighted by Crippen LogP contribution is -2.40. The van der Waals surface area contributed by atoms with Crippen LogP contribution in [0.25, 0.3) is 11.3 Å². The summed E-state index contributed by atoms with van der Waals surface area (Å²) in [4.78, 5) is 21.5. The molecule has 0 N–H and O–H groups in total. The Morgan fingerprint density at radius 2 is 2.12 bits per heavy atom. The highest BCUT2D eigenvalue weighted by Gasteiger charge is 2.66. The summed E-state index contributed by atoms with van der Waals surface area (Å²) in [5, 5.41) is 10.9. The number of hydrogen-bond acceptors (Lipinski definition) is 6. The van der Waals surface area contributed by atoms with Crippen molar-refractivity contribution in [1.82, 2.24) is 19.4 Å². The molecule has 1 aromatic carbocycles. The van der Waals surface area contributed by atoms with Crippen molar-refractivity contribution in [2.24, 2.45) is 0 Å². The van der Waals surface area contributed by atoms with Gasteiger partial charge in [0.2, 0.25) is 0 Å². The lowest BCUT2D eigenvalue weighted by atomic mass is 9.97. The number of nitro groups is 1. The van der Waals surface area contributed by atoms with Crippen LogP contribution in [0.2, 0.25) is 0 Å². The fourth-order valence-electron chi connectivity index (χ4n) is 4.94. The van der Waals surface area contributed by atoms with Gasteiger partial charge in [-0.15, -0.1) is 0 Å². The highest BCUT2D eigenvalue weighted by Crippen LogP contribution is 2.58. The van der Waals surface area contributed by atoms with E-state index in [1.165, 1.54) is 12.3 Å². The number of imidazole rings is 1. The molecule has 0 amide bonds. The molecule has 0 radical (unpaired) electrons. The third-order valence-electron chi connectivity index (χ3n) is 6.68. The van der Waals surface area contributed by atoms with Crippen molar-refractivity contribution in [2.75, 3.05) is 13.1 Å². The van der Waals surface area contributed by atoms with Crippen molar-refractivity contribution >= 4 is 5.82 Å². The van der Waals surface area contributed by atoms with Crippen molar-refractivity contribution < 1.29 is 18.4 Å². The van der Waals surface area contributed by atoms with Crippen LogP contribution >= 0.6 is 0 Å². The molecular formula is C22H19F2N5O3. The maximum atomic E-state index is 13.7. The van der Waals surface area contributed by atoms with Crippen LogP contribution < -0.4 is 4.74 Å². The first-order valence-corrected chi connectivity index (χ1v) is 10.4. The Labute approximate surface area is 181 Å². The Morgan fingerprint density at radius 1 is 1.28 bits per heavy atom. The maximum Gasteiger partial charge on any atom is 0.415 e. The number of benzene rings is 1. The average Bonchev–Trinajstić information content (AvgIpc) is 3.13. The van der Waals surface area contributed by atoms with E-state index in [1.807, 2.05) is 13.0 Å². The molecule has 0 bridgehead atoms. The number of rotatable bonds is 4. The van der Waals surface area contributed by atoms with Gasteiger partial charge in [-0.05, 0) is 47.2 Å². The van der Waals surface area contributed by atoms with Gasteiger partial charge in [0, 0.05) is 48.7 Å². The zero-order valence-electron chi connectivity index (χ0n) is 17.2. The number of hydrogen-bond donors (Lipinski definition) is 0. The fraction of sp³-hybridized carbons (Fsp3) is 0.364. The molecule has 10 heteroatoms. The van der Waals surface area contributed by atoms with Crippen LogP contribution in [0.3, 0.4) is 0 Å². The topological polar surface area (TPSA) is 86.3 Å². The Morgan fingerprint density at radius 3 is 2.88 bits per heavy atom. The van der Waals surface area contributed by atoms with Gasteiger partial charge in [-0.1, -0.05) is 0 Å². The molecule has 2 aromatic heterocycles. The van der Waals surface area contributed by atoms with E-state index in [1.54, 1.807) is 10.6 Å². The van der Waals surface area contributed by atoms with Gasteiger partial charge in [-0.25, -0.2) is 8.78 Å². The highest BCUT2D eigenvalue weighted by atomic mass is 19.2. The first-order chi connectivity index (χ1) is 15.3. The van der Waals surface area contributed by atoms with Gasteiger partial charge in [0.1, 0.15) is 6.20 Å². The minimum absolute atomic E-state index is 0.0788. The number of nitrogens with zero attached hydrogens (tertiary/aromatic N) is 5. The first kappa shape index (κ1) is 19.3. The van der Waals surface area contributed by atoms with E-state index in [9.17, 15) is 18.9 Å². The molecule has 6 rings (SSSR count). The van der Waals surface area contributed by atoms with E-state index < -0.39 is 16.6 Å². The summed E-state index contributed by atoms with van der Waals surface area (Å²) in [6.45, 7) is 4.22. The van der Waals surface area contributed by atoms with Gasteiger partial charge in [-0.3, -0.25) is 14.5 Å². The van der Waals surface area contributed by atoms with Gasteiger partial charge in [0.25, 0.3) is 0 Å². The molecule has 1 unspecified atom stereocenters. The van der Waals surface area contributed by atoms with Crippen LogP contribution in [0.1, 0.15) is 29.3 Å². The van der Waals surface area contributed by atoms with Crippen LogP contribution in [0.15, 0.2) is 30.5 Å². The Hall–Kier alpha value is -3.40. The second-order valence-electron chi connectivity index (χ2n) is 8.77. The largest absolute Gasteiger partial charge is 0.436 e. The smallest absolute Gasteiger partial charge is 0.415 e. The monoisotopic (exact) mass is 439 g/mol. The van der Waals surface area contributed by atoms with E-state index in [0.29, 0.717) is 30.4 Å². The Balaban J connectivity index is 1.20. The molecule has 1 aliphatic carbocycles. The van der Waals surface area contributed by atoms with E-state index in [-0.39, 0.29) is 17.5 Å². The van der Waals surface area contributed by atoms with E-state index in [2.05, 4.69) is 9.88 Å². The van der Waals surface area contributed by atoms with Crippen molar-refractivity contribution in [1.29, 1.82) is 0 Å². The summed E-state index contributed by atoms with van der Waals surface area (Å²) in [7, 11) is 0. The third kappa shape index (κ3) is 2.89. The summed E-state index contributed by atoms with van der Waals surface area (Å²) in [6, 6.07) is 6.15. The van der Waals surface area contributed by atoms with Gasteiger partial charge in [0.15, 0.2) is 17.2 Å². The predicted molar refractivity (Wildman–Crippen MR) is 109 cm³/mol. The number of halogens is 2. The molecule has 3 aliphatic rings. The molecule has 1 fully saturated rings. The maximum absolute atomic E-state index is 13.7. The van der Waals surface area contributed by atoms with E-state index >= 15 is 0 Å². The third-order valence-corrected chi connectivity index (χ3v) is 6.68. The molecule has 8 nitrogen and oxygen atoms in total. The molecule has 2 aliphatic heterocycles. The van der Waals surface area contributed by atoms with E-state index in [4.69, 9.17) is 9.72 Å². The summed E-state index contributed by atoms with van der Waals surface area (Å²) < 4.78 is 34.8. The molecule has 32 heavy (non-hydrogen) atoms. The summed E-state index contributed by atoms with van der Waals surface area (Å²) >= 11 is 0. The second-order valence-corrected chi connectivity index (χ2v) is 8.77. The molecule has 0 spiro atoms. The minimum Gasteiger partial charge on any atom is -0.436 e. The van der Waals surface area contributed by atoms with E-state index in [0.717, 1.165) is 42.3 Å². The van der Waals surface area contributed by atoms with Crippen LogP contribution in [0, 0.1) is 28.7 Å². The quantitative estimate of drug-likeness (QED) is 0.456. The zero-order valence-corrected chi connectivity index (χ0v) is 17.2. The molecule has 2 atom stereocenters. The molecule has 4 heterocycles. The van der Waals surface area contributed by atoms with Crippen molar-refractivity contribution in [3.63, 3.8) is 0 Å². The molecular weight excluding hydrogens is 420 g/mol. The minimum atomic E-state index is -0.883. The average molecular weight is 439 g/mol. The van der Waals surface area contributed by atoms with Crippen LogP contribution in [0.4, 0.5) is 14.6 Å². The fourth-order valence-corrected chi connectivity index (χ4v) is 4.94. The molecule has 1 saturated carbocycles. The lowest BCUT2D eigenvalue weighted by molar-refractivity contribution is -0.389. The summed E-state index contributed by atoms with van der Waals surface area (Å²) in [5.41, 5.74) is 3.99. The normalized spacial score (nSPS) is 23.3. The van der Waals surface area contributed by atoms with Crippen LogP contribution in [-0.2, 0) is 13.0 Å². The lowest BCUT2D eigenvalue weighted by Gasteiger charge is -2.31. The SMILES string of the molecule is Cc1cc(-c2ccc(F)c(F)c2)nc2c1CN(C[C@@]13CC1n1cc([N+](=O)[O-])nc1O3)CC2. The number of pyridine rings is 1. The first-order valence-electron chi connectivity index (χ1n) is 10.4. The van der Waals surface area contributed by atoms with Crippen molar-refractivity contribution in [3.8, 4) is 17.3 Å².